The molecule has 1 unspecified atom stereocenters. The van der Waals surface area contributed by atoms with Crippen molar-refractivity contribution in [3.8, 4) is 0 Å². The summed E-state index contributed by atoms with van der Waals surface area (Å²) in [6.07, 6.45) is 0.269. The number of hydrogen-bond acceptors (Lipinski definition) is 4. The maximum absolute atomic E-state index is 15.0. The van der Waals surface area contributed by atoms with E-state index in [1.807, 2.05) is 0 Å². The molecule has 2 heterocycles. The van der Waals surface area contributed by atoms with Crippen molar-refractivity contribution in [2.24, 2.45) is 0 Å². The summed E-state index contributed by atoms with van der Waals surface area (Å²) in [5, 5.41) is 0. The molecule has 2 aromatic heterocycles. The molecule has 2 aromatic carbocycles. The lowest BCUT2D eigenvalue weighted by atomic mass is 9.85. The molecule has 1 atom stereocenters. The minimum atomic E-state index is -4.44. The summed E-state index contributed by atoms with van der Waals surface area (Å²) in [4.78, 5) is 22.9. The largest absolute Gasteiger partial charge is 0.416 e. The molecule has 0 bridgehead atoms. The number of carbonyl (C=O) groups excluding carboxylic acids is 1. The molecule has 1 aliphatic rings. The van der Waals surface area contributed by atoms with Gasteiger partial charge in [-0.3, -0.25) is 9.20 Å². The number of rotatable bonds is 2. The van der Waals surface area contributed by atoms with Gasteiger partial charge < -0.3 is 10.6 Å². The van der Waals surface area contributed by atoms with Gasteiger partial charge in [-0.15, -0.1) is 0 Å². The number of nitrogens with zero attached hydrogens (tertiary/aromatic N) is 4. The Kier molecular flexibility index (Phi) is 4.77. The van der Waals surface area contributed by atoms with E-state index < -0.39 is 29.5 Å². The van der Waals surface area contributed by atoms with Crippen LogP contribution >= 0.6 is 0 Å². The Morgan fingerprint density at radius 2 is 2.00 bits per heavy atom. The third-order valence-corrected chi connectivity index (χ3v) is 6.24. The zero-order valence-electron chi connectivity index (χ0n) is 17.5. The first-order chi connectivity index (χ1) is 15.6. The molecule has 33 heavy (non-hydrogen) atoms. The van der Waals surface area contributed by atoms with Gasteiger partial charge in [0.1, 0.15) is 17.2 Å². The maximum Gasteiger partial charge on any atom is 0.416 e. The average molecular weight is 457 g/mol. The fourth-order valence-corrected chi connectivity index (χ4v) is 4.56. The molecule has 0 aliphatic heterocycles. The van der Waals surface area contributed by atoms with E-state index in [-0.39, 0.29) is 16.9 Å². The second-order valence-corrected chi connectivity index (χ2v) is 8.20. The molecule has 2 N–H and O–H groups in total. The molecule has 0 saturated heterocycles. The van der Waals surface area contributed by atoms with Crippen LogP contribution in [0.25, 0.3) is 16.6 Å². The number of alkyl halides is 3. The lowest BCUT2D eigenvalue weighted by Gasteiger charge is -2.34. The van der Waals surface area contributed by atoms with Gasteiger partial charge >= 0.3 is 6.18 Å². The number of fused-ring (bicyclic) bond motifs is 4. The van der Waals surface area contributed by atoms with E-state index in [1.165, 1.54) is 36.6 Å². The van der Waals surface area contributed by atoms with E-state index in [1.54, 1.807) is 4.40 Å². The number of imidazole rings is 1. The standard InChI is InChI=1S/C23H19F4N5O/c1-31(18-4-2-3-12-7-13(23(25,26)27)5-6-14(12)18)22(33)15-8-19-17(9-16(15)24)30-21(28)20-10-29-11-32(19)20/h5-11,18H,2-4H2,1H3,(H2,28,30). The maximum atomic E-state index is 15.0. The minimum absolute atomic E-state index is 0.161. The first-order valence-corrected chi connectivity index (χ1v) is 10.3. The van der Waals surface area contributed by atoms with Gasteiger partial charge in [0.25, 0.3) is 5.91 Å². The van der Waals surface area contributed by atoms with E-state index in [0.717, 1.165) is 18.2 Å². The van der Waals surface area contributed by atoms with Gasteiger partial charge in [-0.2, -0.15) is 13.2 Å². The van der Waals surface area contributed by atoms with Crippen LogP contribution in [0.2, 0.25) is 0 Å². The molecule has 1 amide bonds. The van der Waals surface area contributed by atoms with Crippen molar-refractivity contribution in [3.63, 3.8) is 0 Å². The fourth-order valence-electron chi connectivity index (χ4n) is 4.56. The van der Waals surface area contributed by atoms with Crippen LogP contribution in [0.4, 0.5) is 23.4 Å². The SMILES string of the molecule is CN(C(=O)c1cc2c(cc1F)nc(N)c1cncn12)C1CCCc2cc(C(F)(F)F)ccc21. The van der Waals surface area contributed by atoms with Crippen LogP contribution in [-0.4, -0.2) is 32.2 Å². The summed E-state index contributed by atoms with van der Waals surface area (Å²) >= 11 is 0. The average Bonchev–Trinajstić information content (AvgIpc) is 3.27. The third kappa shape index (κ3) is 3.46. The van der Waals surface area contributed by atoms with E-state index >= 15 is 0 Å². The highest BCUT2D eigenvalue weighted by atomic mass is 19.4. The summed E-state index contributed by atoms with van der Waals surface area (Å²) in [7, 11) is 1.54. The Balaban J connectivity index is 1.54. The molecule has 170 valence electrons. The van der Waals surface area contributed by atoms with Crippen LogP contribution in [0, 0.1) is 5.82 Å². The molecule has 0 saturated carbocycles. The predicted molar refractivity (Wildman–Crippen MR) is 114 cm³/mol. The van der Waals surface area contributed by atoms with E-state index in [9.17, 15) is 22.4 Å². The van der Waals surface area contributed by atoms with E-state index in [0.29, 0.717) is 41.4 Å². The highest BCUT2D eigenvalue weighted by molar-refractivity contribution is 5.98. The molecule has 5 rings (SSSR count). The van der Waals surface area contributed by atoms with Crippen LogP contribution in [0.1, 0.15) is 45.9 Å². The van der Waals surface area contributed by atoms with Crippen LogP contribution in [0.15, 0.2) is 42.9 Å². The van der Waals surface area contributed by atoms with Gasteiger partial charge in [-0.05, 0) is 48.6 Å². The van der Waals surface area contributed by atoms with Gasteiger partial charge in [0, 0.05) is 13.1 Å². The number of aryl methyl sites for hydroxylation is 1. The molecular weight excluding hydrogens is 438 g/mol. The van der Waals surface area contributed by atoms with Gasteiger partial charge in [0.15, 0.2) is 0 Å². The van der Waals surface area contributed by atoms with Crippen LogP contribution in [0.3, 0.4) is 0 Å². The van der Waals surface area contributed by atoms with Crippen molar-refractivity contribution >= 4 is 28.3 Å². The van der Waals surface area contributed by atoms with Crippen molar-refractivity contribution in [2.75, 3.05) is 12.8 Å². The zero-order valence-corrected chi connectivity index (χ0v) is 17.5. The fraction of sp³-hybridized carbons (Fsp3) is 0.261. The highest BCUT2D eigenvalue weighted by Crippen LogP contribution is 2.38. The van der Waals surface area contributed by atoms with Crippen LogP contribution in [0.5, 0.6) is 0 Å². The number of amides is 1. The normalized spacial score (nSPS) is 16.2. The number of aromatic nitrogens is 3. The van der Waals surface area contributed by atoms with Crippen molar-refractivity contribution in [2.45, 2.75) is 31.5 Å². The molecule has 0 radical (unpaired) electrons. The summed E-state index contributed by atoms with van der Waals surface area (Å²) in [5.41, 5.74) is 7.50. The number of nitrogens with two attached hydrogens (primary N) is 1. The number of halogens is 4. The molecule has 10 heteroatoms. The summed E-state index contributed by atoms with van der Waals surface area (Å²) in [6.45, 7) is 0. The monoisotopic (exact) mass is 457 g/mol. The highest BCUT2D eigenvalue weighted by Gasteiger charge is 2.34. The topological polar surface area (TPSA) is 76.5 Å². The molecule has 4 aromatic rings. The molecule has 6 nitrogen and oxygen atoms in total. The first-order valence-electron chi connectivity index (χ1n) is 10.3. The number of benzene rings is 2. The summed E-state index contributed by atoms with van der Waals surface area (Å²) in [6, 6.07) is 5.68. The van der Waals surface area contributed by atoms with Gasteiger partial charge in [0.05, 0.1) is 40.7 Å². The lowest BCUT2D eigenvalue weighted by molar-refractivity contribution is -0.137. The zero-order chi connectivity index (χ0) is 23.5. The van der Waals surface area contributed by atoms with Gasteiger partial charge in [0.2, 0.25) is 0 Å². The summed E-state index contributed by atoms with van der Waals surface area (Å²) < 4.78 is 56.0. The molecule has 0 fully saturated rings. The Bertz CT molecular complexity index is 1410. The Hall–Kier alpha value is -3.69. The first kappa shape index (κ1) is 21.2. The van der Waals surface area contributed by atoms with Crippen LogP contribution in [-0.2, 0) is 12.6 Å². The number of hydrogen-bond donors (Lipinski definition) is 1. The Morgan fingerprint density at radius 3 is 2.76 bits per heavy atom. The molecule has 1 aliphatic carbocycles. The van der Waals surface area contributed by atoms with Crippen molar-refractivity contribution in [1.29, 1.82) is 0 Å². The Morgan fingerprint density at radius 1 is 1.21 bits per heavy atom. The van der Waals surface area contributed by atoms with Gasteiger partial charge in [-0.25, -0.2) is 14.4 Å². The number of nitrogen functional groups attached to an aromatic ring is 1. The second-order valence-electron chi connectivity index (χ2n) is 8.20. The third-order valence-electron chi connectivity index (χ3n) is 6.24. The van der Waals surface area contributed by atoms with Crippen LogP contribution < -0.4 is 5.73 Å². The number of anilines is 1. The predicted octanol–water partition coefficient (Wildman–Crippen LogP) is 4.77. The van der Waals surface area contributed by atoms with Crippen molar-refractivity contribution in [1.82, 2.24) is 19.3 Å². The minimum Gasteiger partial charge on any atom is -0.382 e. The van der Waals surface area contributed by atoms with Gasteiger partial charge in [-0.1, -0.05) is 6.07 Å². The van der Waals surface area contributed by atoms with Crippen molar-refractivity contribution in [3.05, 3.63) is 70.9 Å². The quantitative estimate of drug-likeness (QED) is 0.440. The van der Waals surface area contributed by atoms with Crippen molar-refractivity contribution < 1.29 is 22.4 Å². The van der Waals surface area contributed by atoms with E-state index in [4.69, 9.17) is 5.73 Å². The smallest absolute Gasteiger partial charge is 0.382 e. The lowest BCUT2D eigenvalue weighted by Crippen LogP contribution is -2.34. The molecule has 0 spiro atoms. The second kappa shape index (κ2) is 7.43. The Labute approximate surface area is 185 Å². The van der Waals surface area contributed by atoms with E-state index in [2.05, 4.69) is 9.97 Å². The summed E-state index contributed by atoms with van der Waals surface area (Å²) in [5.74, 6) is -1.14. The number of carbonyl (C=O) groups is 1. The molecular formula is C23H19F4N5O.